The van der Waals surface area contributed by atoms with Gasteiger partial charge in [-0.15, -0.1) is 11.3 Å². The van der Waals surface area contributed by atoms with Crippen molar-refractivity contribution in [2.75, 3.05) is 20.8 Å². The Balaban J connectivity index is 1.67. The SMILES string of the molecule is COc1ccc(-c2nc(C)c(CCNS(=O)(=O)c3ccc(OC)c(C)c3)s2)cc1. The average molecular weight is 433 g/mol. The van der Waals surface area contributed by atoms with Crippen LogP contribution in [0, 0.1) is 13.8 Å². The number of nitrogens with zero attached hydrogens (tertiary/aromatic N) is 1. The molecule has 0 aliphatic heterocycles. The molecule has 154 valence electrons. The highest BCUT2D eigenvalue weighted by Crippen LogP contribution is 2.29. The number of aromatic nitrogens is 1. The molecule has 0 bridgehead atoms. The Hall–Kier alpha value is -2.42. The fourth-order valence-electron chi connectivity index (χ4n) is 2.92. The minimum Gasteiger partial charge on any atom is -0.497 e. The number of thiazole rings is 1. The van der Waals surface area contributed by atoms with Gasteiger partial charge in [0.25, 0.3) is 0 Å². The highest BCUT2D eigenvalue weighted by molar-refractivity contribution is 7.89. The number of hydrogen-bond donors (Lipinski definition) is 1. The van der Waals surface area contributed by atoms with Crippen LogP contribution < -0.4 is 14.2 Å². The Morgan fingerprint density at radius 1 is 1.03 bits per heavy atom. The minimum atomic E-state index is -3.58. The van der Waals surface area contributed by atoms with Gasteiger partial charge in [0.1, 0.15) is 16.5 Å². The van der Waals surface area contributed by atoms with Gasteiger partial charge in [0.05, 0.1) is 24.8 Å². The van der Waals surface area contributed by atoms with E-state index in [0.29, 0.717) is 18.7 Å². The lowest BCUT2D eigenvalue weighted by atomic mass is 10.2. The van der Waals surface area contributed by atoms with Crippen molar-refractivity contribution in [1.82, 2.24) is 9.71 Å². The second-order valence-electron chi connectivity index (χ2n) is 6.54. The first-order chi connectivity index (χ1) is 13.8. The number of ether oxygens (including phenoxy) is 2. The normalized spacial score (nSPS) is 11.4. The van der Waals surface area contributed by atoms with Gasteiger partial charge >= 0.3 is 0 Å². The molecule has 0 atom stereocenters. The van der Waals surface area contributed by atoms with Crippen molar-refractivity contribution in [3.8, 4) is 22.1 Å². The fraction of sp³-hybridized carbons (Fsp3) is 0.286. The quantitative estimate of drug-likeness (QED) is 0.583. The Morgan fingerprint density at radius 3 is 2.38 bits per heavy atom. The standard InChI is InChI=1S/C21H24N2O4S2/c1-14-13-18(9-10-19(14)27-4)29(24,25)22-12-11-20-15(2)23-21(28-20)16-5-7-17(26-3)8-6-16/h5-10,13,22H,11-12H2,1-4H3. The van der Waals surface area contributed by atoms with Gasteiger partial charge in [-0.25, -0.2) is 18.1 Å². The first-order valence-corrected chi connectivity index (χ1v) is 11.4. The molecule has 1 heterocycles. The third-order valence-electron chi connectivity index (χ3n) is 4.55. The largest absolute Gasteiger partial charge is 0.497 e. The van der Waals surface area contributed by atoms with Crippen LogP contribution in [0.1, 0.15) is 16.1 Å². The van der Waals surface area contributed by atoms with E-state index in [0.717, 1.165) is 32.5 Å². The predicted molar refractivity (Wildman–Crippen MR) is 115 cm³/mol. The molecule has 0 fully saturated rings. The monoisotopic (exact) mass is 432 g/mol. The van der Waals surface area contributed by atoms with E-state index in [1.165, 1.54) is 0 Å². The number of rotatable bonds is 8. The van der Waals surface area contributed by atoms with Crippen LogP contribution in [-0.2, 0) is 16.4 Å². The Labute approximate surface area is 175 Å². The molecule has 0 saturated heterocycles. The van der Waals surface area contributed by atoms with Gasteiger partial charge in [-0.2, -0.15) is 0 Å². The zero-order valence-corrected chi connectivity index (χ0v) is 18.5. The van der Waals surface area contributed by atoms with Crippen LogP contribution in [0.15, 0.2) is 47.4 Å². The number of nitrogens with one attached hydrogen (secondary N) is 1. The topological polar surface area (TPSA) is 77.5 Å². The summed E-state index contributed by atoms with van der Waals surface area (Å²) >= 11 is 1.58. The van der Waals surface area contributed by atoms with Gasteiger partial charge in [0.15, 0.2) is 0 Å². The number of benzene rings is 2. The van der Waals surface area contributed by atoms with E-state index in [2.05, 4.69) is 9.71 Å². The molecule has 3 aromatic rings. The van der Waals surface area contributed by atoms with Crippen molar-refractivity contribution >= 4 is 21.4 Å². The summed E-state index contributed by atoms with van der Waals surface area (Å²) in [5, 5.41) is 0.911. The van der Waals surface area contributed by atoms with Crippen molar-refractivity contribution in [2.24, 2.45) is 0 Å². The van der Waals surface area contributed by atoms with Crippen LogP contribution in [-0.4, -0.2) is 34.2 Å². The molecule has 0 aliphatic rings. The zero-order valence-electron chi connectivity index (χ0n) is 16.9. The van der Waals surface area contributed by atoms with E-state index >= 15 is 0 Å². The zero-order chi connectivity index (χ0) is 21.0. The van der Waals surface area contributed by atoms with Gasteiger partial charge < -0.3 is 9.47 Å². The van der Waals surface area contributed by atoms with Crippen molar-refractivity contribution in [3.05, 3.63) is 58.6 Å². The maximum atomic E-state index is 12.6. The summed E-state index contributed by atoms with van der Waals surface area (Å²) in [7, 11) is -0.383. The van der Waals surface area contributed by atoms with Gasteiger partial charge in [0.2, 0.25) is 10.0 Å². The first kappa shape index (κ1) is 21.3. The van der Waals surface area contributed by atoms with E-state index < -0.39 is 10.0 Å². The highest BCUT2D eigenvalue weighted by atomic mass is 32.2. The fourth-order valence-corrected chi connectivity index (χ4v) is 5.10. The summed E-state index contributed by atoms with van der Waals surface area (Å²) in [5.41, 5.74) is 2.71. The molecule has 1 aromatic heterocycles. The second-order valence-corrected chi connectivity index (χ2v) is 9.39. The molecule has 0 spiro atoms. The molecule has 6 nitrogen and oxygen atoms in total. The molecule has 2 aromatic carbocycles. The van der Waals surface area contributed by atoms with Crippen molar-refractivity contribution in [3.63, 3.8) is 0 Å². The lowest BCUT2D eigenvalue weighted by Crippen LogP contribution is -2.26. The van der Waals surface area contributed by atoms with E-state index in [1.54, 1.807) is 43.8 Å². The summed E-state index contributed by atoms with van der Waals surface area (Å²) in [6.45, 7) is 4.07. The number of aryl methyl sites for hydroxylation is 2. The Morgan fingerprint density at radius 2 is 1.76 bits per heavy atom. The molecular weight excluding hydrogens is 408 g/mol. The van der Waals surface area contributed by atoms with Crippen LogP contribution in [0.5, 0.6) is 11.5 Å². The third kappa shape index (κ3) is 4.95. The van der Waals surface area contributed by atoms with Gasteiger partial charge in [-0.3, -0.25) is 0 Å². The summed E-state index contributed by atoms with van der Waals surface area (Å²) < 4.78 is 38.2. The van der Waals surface area contributed by atoms with E-state index in [-0.39, 0.29) is 4.90 Å². The summed E-state index contributed by atoms with van der Waals surface area (Å²) in [5.74, 6) is 1.46. The third-order valence-corrected chi connectivity index (χ3v) is 7.28. The molecule has 8 heteroatoms. The van der Waals surface area contributed by atoms with Crippen LogP contribution >= 0.6 is 11.3 Å². The van der Waals surface area contributed by atoms with Crippen molar-refractivity contribution in [2.45, 2.75) is 25.2 Å². The molecule has 0 amide bonds. The molecule has 3 rings (SSSR count). The lowest BCUT2D eigenvalue weighted by molar-refractivity contribution is 0.411. The Kier molecular flexibility index (Phi) is 6.56. The van der Waals surface area contributed by atoms with Crippen LogP contribution in [0.2, 0.25) is 0 Å². The molecule has 0 unspecified atom stereocenters. The van der Waals surface area contributed by atoms with Gasteiger partial charge in [-0.1, -0.05) is 0 Å². The maximum absolute atomic E-state index is 12.6. The number of hydrogen-bond acceptors (Lipinski definition) is 6. The average Bonchev–Trinajstić information content (AvgIpc) is 3.08. The molecule has 0 aliphatic carbocycles. The number of sulfonamides is 1. The first-order valence-electron chi connectivity index (χ1n) is 9.09. The van der Waals surface area contributed by atoms with Crippen LogP contribution in [0.3, 0.4) is 0 Å². The van der Waals surface area contributed by atoms with Gasteiger partial charge in [0, 0.05) is 17.0 Å². The summed E-state index contributed by atoms with van der Waals surface area (Å²) in [4.78, 5) is 5.92. The van der Waals surface area contributed by atoms with E-state index in [4.69, 9.17) is 9.47 Å². The predicted octanol–water partition coefficient (Wildman–Crippen LogP) is 3.97. The molecule has 29 heavy (non-hydrogen) atoms. The van der Waals surface area contributed by atoms with E-state index in [1.807, 2.05) is 38.1 Å². The Bertz CT molecular complexity index is 1090. The minimum absolute atomic E-state index is 0.232. The maximum Gasteiger partial charge on any atom is 0.240 e. The van der Waals surface area contributed by atoms with Gasteiger partial charge in [-0.05, 0) is 68.3 Å². The molecule has 0 radical (unpaired) electrons. The second kappa shape index (κ2) is 8.94. The molecule has 0 saturated carbocycles. The van der Waals surface area contributed by atoms with Crippen molar-refractivity contribution in [1.29, 1.82) is 0 Å². The van der Waals surface area contributed by atoms with Crippen molar-refractivity contribution < 1.29 is 17.9 Å². The summed E-state index contributed by atoms with van der Waals surface area (Å²) in [6.07, 6.45) is 0.577. The van der Waals surface area contributed by atoms with Crippen LogP contribution in [0.25, 0.3) is 10.6 Å². The number of methoxy groups -OCH3 is 2. The van der Waals surface area contributed by atoms with E-state index in [9.17, 15) is 8.42 Å². The molecule has 1 N–H and O–H groups in total. The highest BCUT2D eigenvalue weighted by Gasteiger charge is 2.16. The van der Waals surface area contributed by atoms with Crippen LogP contribution in [0.4, 0.5) is 0 Å². The lowest BCUT2D eigenvalue weighted by Gasteiger charge is -2.09. The summed E-state index contributed by atoms with van der Waals surface area (Å²) in [6, 6.07) is 12.6. The molecular formula is C21H24N2O4S2. The smallest absolute Gasteiger partial charge is 0.240 e.